The molecule has 0 unspecified atom stereocenters. The second kappa shape index (κ2) is 9.29. The summed E-state index contributed by atoms with van der Waals surface area (Å²) < 4.78 is 33.3. The summed E-state index contributed by atoms with van der Waals surface area (Å²) in [4.78, 5) is 13.5. The van der Waals surface area contributed by atoms with Crippen LogP contribution in [0.1, 0.15) is 18.1 Å². The molecule has 2 aromatic carbocycles. The fourth-order valence-electron chi connectivity index (χ4n) is 3.06. The summed E-state index contributed by atoms with van der Waals surface area (Å²) in [6, 6.07) is 14.0. The number of hydrogen-bond acceptors (Lipinski definition) is 5. The van der Waals surface area contributed by atoms with Gasteiger partial charge in [-0.05, 0) is 35.4 Å². The first-order chi connectivity index (χ1) is 13.4. The van der Waals surface area contributed by atoms with Gasteiger partial charge in [0.25, 0.3) is 0 Å². The molecule has 1 aliphatic rings. The van der Waals surface area contributed by atoms with Crippen LogP contribution in [0.4, 0.5) is 5.69 Å². The molecule has 8 heteroatoms. The molecular weight excluding hydrogens is 378 g/mol. The number of hydrogen-bond donors (Lipinski definition) is 2. The van der Waals surface area contributed by atoms with Gasteiger partial charge in [-0.15, -0.1) is 0 Å². The standard InChI is InChI=1S/C20H25N3O4S/c1-16(24)22-19-6-8-20(9-7-19)28(25,26)21-14-17-4-2-3-5-18(17)15-23-10-12-27-13-11-23/h2-9,21H,10-15H2,1H3,(H,22,24). The van der Waals surface area contributed by atoms with Crippen molar-refractivity contribution in [2.75, 3.05) is 31.6 Å². The van der Waals surface area contributed by atoms with Crippen molar-refractivity contribution in [2.45, 2.75) is 24.9 Å². The highest BCUT2D eigenvalue weighted by atomic mass is 32.2. The van der Waals surface area contributed by atoms with Crippen molar-refractivity contribution in [3.63, 3.8) is 0 Å². The van der Waals surface area contributed by atoms with E-state index in [2.05, 4.69) is 14.9 Å². The Bertz CT molecular complexity index is 907. The number of carbonyl (C=O) groups excluding carboxylic acids is 1. The second-order valence-corrected chi connectivity index (χ2v) is 8.45. The maximum Gasteiger partial charge on any atom is 0.240 e. The largest absolute Gasteiger partial charge is 0.379 e. The van der Waals surface area contributed by atoms with E-state index in [1.54, 1.807) is 12.1 Å². The highest BCUT2D eigenvalue weighted by molar-refractivity contribution is 7.89. The number of ether oxygens (including phenoxy) is 1. The molecule has 28 heavy (non-hydrogen) atoms. The molecule has 0 radical (unpaired) electrons. The first kappa shape index (κ1) is 20.5. The van der Waals surface area contributed by atoms with Crippen LogP contribution in [0.15, 0.2) is 53.4 Å². The molecule has 0 saturated carbocycles. The number of morpholine rings is 1. The lowest BCUT2D eigenvalue weighted by Gasteiger charge is -2.27. The summed E-state index contributed by atoms with van der Waals surface area (Å²) in [6.07, 6.45) is 0. The zero-order valence-corrected chi connectivity index (χ0v) is 16.7. The van der Waals surface area contributed by atoms with E-state index in [1.165, 1.54) is 19.1 Å². The van der Waals surface area contributed by atoms with Gasteiger partial charge in [0.1, 0.15) is 0 Å². The smallest absolute Gasteiger partial charge is 0.240 e. The van der Waals surface area contributed by atoms with Crippen molar-refractivity contribution in [3.8, 4) is 0 Å². The Labute approximate surface area is 165 Å². The molecule has 3 rings (SSSR count). The van der Waals surface area contributed by atoms with Crippen molar-refractivity contribution in [3.05, 3.63) is 59.7 Å². The minimum Gasteiger partial charge on any atom is -0.379 e. The van der Waals surface area contributed by atoms with Crippen LogP contribution in [0.5, 0.6) is 0 Å². The summed E-state index contributed by atoms with van der Waals surface area (Å²) in [5.74, 6) is -0.203. The molecule has 1 saturated heterocycles. The molecule has 1 heterocycles. The van der Waals surface area contributed by atoms with Gasteiger partial charge in [-0.3, -0.25) is 9.69 Å². The molecule has 1 amide bonds. The van der Waals surface area contributed by atoms with Crippen molar-refractivity contribution in [1.29, 1.82) is 0 Å². The zero-order chi connectivity index (χ0) is 20.0. The van der Waals surface area contributed by atoms with Crippen molar-refractivity contribution in [1.82, 2.24) is 9.62 Å². The van der Waals surface area contributed by atoms with Gasteiger partial charge in [-0.1, -0.05) is 24.3 Å². The predicted molar refractivity (Wildman–Crippen MR) is 107 cm³/mol. The number of anilines is 1. The predicted octanol–water partition coefficient (Wildman–Crippen LogP) is 1.96. The van der Waals surface area contributed by atoms with Crippen molar-refractivity contribution < 1.29 is 17.9 Å². The molecule has 0 aliphatic carbocycles. The van der Waals surface area contributed by atoms with Gasteiger partial charge in [0.05, 0.1) is 18.1 Å². The van der Waals surface area contributed by atoms with Crippen molar-refractivity contribution >= 4 is 21.6 Å². The van der Waals surface area contributed by atoms with Gasteiger partial charge in [0, 0.05) is 38.8 Å². The lowest BCUT2D eigenvalue weighted by Crippen LogP contribution is -2.36. The minimum atomic E-state index is -3.65. The molecule has 1 fully saturated rings. The van der Waals surface area contributed by atoms with E-state index in [0.717, 1.165) is 44.0 Å². The average molecular weight is 404 g/mol. The van der Waals surface area contributed by atoms with Crippen LogP contribution in [-0.2, 0) is 32.6 Å². The van der Waals surface area contributed by atoms with E-state index in [0.29, 0.717) is 5.69 Å². The summed E-state index contributed by atoms with van der Waals surface area (Å²) in [7, 11) is -3.65. The quantitative estimate of drug-likeness (QED) is 0.738. The van der Waals surface area contributed by atoms with Crippen LogP contribution in [0, 0.1) is 0 Å². The van der Waals surface area contributed by atoms with Crippen LogP contribution in [-0.4, -0.2) is 45.5 Å². The molecule has 0 bridgehead atoms. The fourth-order valence-corrected chi connectivity index (χ4v) is 4.07. The van der Waals surface area contributed by atoms with Crippen LogP contribution in [0.3, 0.4) is 0 Å². The molecule has 2 N–H and O–H groups in total. The van der Waals surface area contributed by atoms with Crippen molar-refractivity contribution in [2.24, 2.45) is 0 Å². The number of rotatable bonds is 7. The average Bonchev–Trinajstić information content (AvgIpc) is 2.68. The number of nitrogens with one attached hydrogen (secondary N) is 2. The highest BCUT2D eigenvalue weighted by Crippen LogP contribution is 2.17. The number of amides is 1. The normalized spacial score (nSPS) is 15.3. The van der Waals surface area contributed by atoms with E-state index in [9.17, 15) is 13.2 Å². The van der Waals surface area contributed by atoms with Crippen LogP contribution in [0.25, 0.3) is 0 Å². The van der Waals surface area contributed by atoms with Crippen LogP contribution >= 0.6 is 0 Å². The van der Waals surface area contributed by atoms with Gasteiger partial charge in [0.2, 0.25) is 15.9 Å². The first-order valence-electron chi connectivity index (χ1n) is 9.18. The Morgan fingerprint density at radius 1 is 1.04 bits per heavy atom. The molecule has 1 aliphatic heterocycles. The Hall–Kier alpha value is -2.26. The molecular formula is C20H25N3O4S. The summed E-state index contributed by atoms with van der Waals surface area (Å²) in [5.41, 5.74) is 2.61. The van der Waals surface area contributed by atoms with Crippen LogP contribution in [0.2, 0.25) is 0 Å². The summed E-state index contributed by atoms with van der Waals surface area (Å²) >= 11 is 0. The van der Waals surface area contributed by atoms with Crippen LogP contribution < -0.4 is 10.0 Å². The number of sulfonamides is 1. The van der Waals surface area contributed by atoms with Gasteiger partial charge < -0.3 is 10.1 Å². The minimum absolute atomic E-state index is 0.160. The third-order valence-corrected chi connectivity index (χ3v) is 5.97. The molecule has 0 atom stereocenters. The Kier molecular flexibility index (Phi) is 6.79. The van der Waals surface area contributed by atoms with E-state index in [1.807, 2.05) is 24.3 Å². The zero-order valence-electron chi connectivity index (χ0n) is 15.8. The Balaban J connectivity index is 1.66. The first-order valence-corrected chi connectivity index (χ1v) is 10.7. The second-order valence-electron chi connectivity index (χ2n) is 6.69. The summed E-state index contributed by atoms with van der Waals surface area (Å²) in [5, 5.41) is 2.62. The topological polar surface area (TPSA) is 87.7 Å². The maximum atomic E-state index is 12.6. The van der Waals surface area contributed by atoms with E-state index in [-0.39, 0.29) is 17.3 Å². The monoisotopic (exact) mass is 403 g/mol. The third-order valence-electron chi connectivity index (χ3n) is 4.55. The molecule has 2 aromatic rings. The molecule has 7 nitrogen and oxygen atoms in total. The number of carbonyl (C=O) groups is 1. The maximum absolute atomic E-state index is 12.6. The highest BCUT2D eigenvalue weighted by Gasteiger charge is 2.16. The van der Waals surface area contributed by atoms with Gasteiger partial charge in [-0.25, -0.2) is 13.1 Å². The Morgan fingerprint density at radius 3 is 2.32 bits per heavy atom. The summed E-state index contributed by atoms with van der Waals surface area (Å²) in [6.45, 7) is 5.59. The molecule has 0 aromatic heterocycles. The van der Waals surface area contributed by atoms with Gasteiger partial charge >= 0.3 is 0 Å². The number of benzene rings is 2. The number of nitrogens with zero attached hydrogens (tertiary/aromatic N) is 1. The molecule has 150 valence electrons. The Morgan fingerprint density at radius 2 is 1.68 bits per heavy atom. The van der Waals surface area contributed by atoms with E-state index in [4.69, 9.17) is 4.74 Å². The lowest BCUT2D eigenvalue weighted by molar-refractivity contribution is -0.114. The lowest BCUT2D eigenvalue weighted by atomic mass is 10.1. The third kappa shape index (κ3) is 5.62. The van der Waals surface area contributed by atoms with Gasteiger partial charge in [0.15, 0.2) is 0 Å². The fraction of sp³-hybridized carbons (Fsp3) is 0.350. The van der Waals surface area contributed by atoms with Gasteiger partial charge in [-0.2, -0.15) is 0 Å². The van der Waals surface area contributed by atoms with E-state index >= 15 is 0 Å². The molecule has 0 spiro atoms. The SMILES string of the molecule is CC(=O)Nc1ccc(S(=O)(=O)NCc2ccccc2CN2CCOCC2)cc1. The van der Waals surface area contributed by atoms with E-state index < -0.39 is 10.0 Å².